The van der Waals surface area contributed by atoms with Crippen LogP contribution in [0.2, 0.25) is 0 Å². The summed E-state index contributed by atoms with van der Waals surface area (Å²) in [5.41, 5.74) is 0. The molecule has 3 N–H and O–H groups in total. The highest BCUT2D eigenvalue weighted by Gasteiger charge is 2.11. The fraction of sp³-hybridized carbons (Fsp3) is 1.00. The molecule has 0 saturated heterocycles. The van der Waals surface area contributed by atoms with Crippen LogP contribution in [0.5, 0.6) is 0 Å². The van der Waals surface area contributed by atoms with Gasteiger partial charge in [0, 0.05) is 19.8 Å². The van der Waals surface area contributed by atoms with E-state index in [1.165, 1.54) is 0 Å². The Morgan fingerprint density at radius 2 is 1.13 bits per heavy atom. The van der Waals surface area contributed by atoms with Gasteiger partial charge in [-0.25, -0.2) is 4.57 Å². The Labute approximate surface area is 91.2 Å². The first-order chi connectivity index (χ1) is 6.85. The van der Waals surface area contributed by atoms with Crippen molar-refractivity contribution in [1.29, 1.82) is 0 Å². The Morgan fingerprint density at radius 1 is 0.933 bits per heavy atom. The lowest BCUT2D eigenvalue weighted by Gasteiger charge is -2.12. The first-order valence-electron chi connectivity index (χ1n) is 4.48. The predicted molar refractivity (Wildman–Crippen MR) is 56.3 cm³/mol. The monoisotopic (exact) mass is 262 g/mol. The number of phosphoric acid groups is 1. The van der Waals surface area contributed by atoms with Crippen LogP contribution in [-0.2, 0) is 17.8 Å². The topological polar surface area (TPSA) is 105 Å². The fourth-order valence-corrected chi connectivity index (χ4v) is 1.66. The van der Waals surface area contributed by atoms with Gasteiger partial charge in [-0.05, 0) is 20.8 Å². The van der Waals surface area contributed by atoms with Crippen molar-refractivity contribution >= 4 is 17.3 Å². The summed E-state index contributed by atoms with van der Waals surface area (Å²) in [5, 5.41) is 0. The molecule has 0 unspecified atom stereocenters. The van der Waals surface area contributed by atoms with Crippen molar-refractivity contribution < 1.29 is 32.5 Å². The first kappa shape index (κ1) is 17.6. The van der Waals surface area contributed by atoms with Crippen LogP contribution in [0, 0.1) is 0 Å². The predicted octanol–water partition coefficient (Wildman–Crippen LogP) is -0.115. The molecule has 0 fully saturated rings. The maximum atomic E-state index is 8.88. The minimum Gasteiger partial charge on any atom is -0.376 e. The summed E-state index contributed by atoms with van der Waals surface area (Å²) in [5.74, 6) is 0. The van der Waals surface area contributed by atoms with Crippen molar-refractivity contribution in [2.45, 2.75) is 20.8 Å². The molecule has 0 heterocycles. The van der Waals surface area contributed by atoms with Crippen molar-refractivity contribution in [3.05, 3.63) is 0 Å². The summed E-state index contributed by atoms with van der Waals surface area (Å²) in [6, 6.07) is 0. The minimum absolute atomic E-state index is 0.677. The zero-order valence-corrected chi connectivity index (χ0v) is 11.2. The second-order valence-corrected chi connectivity index (χ2v) is 4.77. The molecule has 0 saturated carbocycles. The summed E-state index contributed by atoms with van der Waals surface area (Å²) in [4.78, 5) is 21.6. The molecule has 0 rings (SSSR count). The number of hydrogen-bond acceptors (Lipinski definition) is 4. The van der Waals surface area contributed by atoms with Gasteiger partial charge in [-0.15, -0.1) is 0 Å². The van der Waals surface area contributed by atoms with Crippen LogP contribution >= 0.6 is 7.82 Å². The van der Waals surface area contributed by atoms with Gasteiger partial charge < -0.3 is 28.0 Å². The average Bonchev–Trinajstić information content (AvgIpc) is 2.02. The van der Waals surface area contributed by atoms with Crippen LogP contribution in [-0.4, -0.2) is 44.0 Å². The van der Waals surface area contributed by atoms with Gasteiger partial charge in [-0.3, -0.25) is 0 Å². The molecule has 0 aromatic heterocycles. The van der Waals surface area contributed by atoms with Crippen LogP contribution in [0.3, 0.4) is 0 Å². The molecule has 0 aliphatic heterocycles. The van der Waals surface area contributed by atoms with Crippen molar-refractivity contribution in [3.8, 4) is 0 Å². The van der Waals surface area contributed by atoms with Gasteiger partial charge in [0.25, 0.3) is 0 Å². The molecule has 15 heavy (non-hydrogen) atoms. The molecule has 0 radical (unpaired) electrons. The molecular weight excluding hydrogens is 243 g/mol. The largest absolute Gasteiger partial charge is 0.484 e. The van der Waals surface area contributed by atoms with Gasteiger partial charge in [0.05, 0.1) is 0 Å². The zero-order chi connectivity index (χ0) is 12.3. The first-order valence-corrected chi connectivity index (χ1v) is 7.46. The van der Waals surface area contributed by atoms with Gasteiger partial charge in [-0.1, -0.05) is 0 Å². The van der Waals surface area contributed by atoms with Crippen molar-refractivity contribution in [1.82, 2.24) is 0 Å². The smallest absolute Gasteiger partial charge is 0.376 e. The summed E-state index contributed by atoms with van der Waals surface area (Å²) >= 11 is 0. The molecule has 7 nitrogen and oxygen atoms in total. The SMILES string of the molecule is CCO[SiH](OCC)OCC.O=P(O)(O)O. The summed E-state index contributed by atoms with van der Waals surface area (Å²) < 4.78 is 24.5. The van der Waals surface area contributed by atoms with Crippen molar-refractivity contribution in [2.75, 3.05) is 19.8 Å². The molecule has 94 valence electrons. The van der Waals surface area contributed by atoms with E-state index in [1.54, 1.807) is 0 Å². The zero-order valence-electron chi connectivity index (χ0n) is 9.12. The number of rotatable bonds is 6. The normalized spacial score (nSPS) is 11.1. The molecule has 0 bridgehead atoms. The lowest BCUT2D eigenvalue weighted by atomic mass is 10.9. The molecule has 0 aromatic carbocycles. The highest BCUT2D eigenvalue weighted by atomic mass is 31.2. The molecule has 0 amide bonds. The Morgan fingerprint density at radius 3 is 1.27 bits per heavy atom. The number of hydrogen-bond donors (Lipinski definition) is 3. The van der Waals surface area contributed by atoms with Gasteiger partial charge in [0.1, 0.15) is 0 Å². The highest BCUT2D eigenvalue weighted by molar-refractivity contribution is 7.45. The molecule has 0 atom stereocenters. The third-order valence-corrected chi connectivity index (χ3v) is 2.72. The Balaban J connectivity index is 0. The molecular formula is C6H19O7PSi. The standard InChI is InChI=1S/C6H16O3Si.H3O4P/c1-4-7-10(8-5-2)9-6-3;1-5(2,3)4/h10H,4-6H2,1-3H3;(H3,1,2,3,4). The van der Waals surface area contributed by atoms with E-state index in [1.807, 2.05) is 20.8 Å². The van der Waals surface area contributed by atoms with E-state index in [0.29, 0.717) is 19.8 Å². The maximum Gasteiger partial charge on any atom is 0.484 e. The van der Waals surface area contributed by atoms with Crippen LogP contribution in [0.15, 0.2) is 0 Å². The average molecular weight is 262 g/mol. The molecule has 9 heteroatoms. The van der Waals surface area contributed by atoms with Crippen LogP contribution in [0.25, 0.3) is 0 Å². The maximum absolute atomic E-state index is 8.88. The van der Waals surface area contributed by atoms with Crippen LogP contribution < -0.4 is 0 Å². The van der Waals surface area contributed by atoms with Gasteiger partial charge >= 0.3 is 17.3 Å². The fourth-order valence-electron chi connectivity index (χ4n) is 0.553. The van der Waals surface area contributed by atoms with Crippen molar-refractivity contribution in [3.63, 3.8) is 0 Å². The van der Waals surface area contributed by atoms with E-state index in [0.717, 1.165) is 0 Å². The van der Waals surface area contributed by atoms with E-state index in [2.05, 4.69) is 0 Å². The summed E-state index contributed by atoms with van der Waals surface area (Å²) in [7, 11) is -6.37. The second-order valence-electron chi connectivity index (χ2n) is 2.17. The van der Waals surface area contributed by atoms with Crippen LogP contribution in [0.4, 0.5) is 0 Å². The Bertz CT molecular complexity index is 150. The molecule has 0 aromatic rings. The lowest BCUT2D eigenvalue weighted by Crippen LogP contribution is -2.27. The van der Waals surface area contributed by atoms with Gasteiger partial charge in [0.2, 0.25) is 0 Å². The third-order valence-electron chi connectivity index (χ3n) is 0.908. The second kappa shape index (κ2) is 10.7. The summed E-state index contributed by atoms with van der Waals surface area (Å²) in [6.07, 6.45) is 0. The van der Waals surface area contributed by atoms with Gasteiger partial charge in [-0.2, -0.15) is 0 Å². The highest BCUT2D eigenvalue weighted by Crippen LogP contribution is 2.25. The van der Waals surface area contributed by atoms with E-state index >= 15 is 0 Å². The molecule has 0 aliphatic rings. The Kier molecular flexibility index (Phi) is 12.6. The molecule has 0 aliphatic carbocycles. The summed E-state index contributed by atoms with van der Waals surface area (Å²) in [6.45, 7) is 7.86. The van der Waals surface area contributed by atoms with E-state index in [-0.39, 0.29) is 0 Å². The van der Waals surface area contributed by atoms with E-state index in [4.69, 9.17) is 32.5 Å². The van der Waals surface area contributed by atoms with Gasteiger partial charge in [0.15, 0.2) is 0 Å². The quantitative estimate of drug-likeness (QED) is 0.453. The minimum atomic E-state index is -4.64. The lowest BCUT2D eigenvalue weighted by molar-refractivity contribution is 0.107. The van der Waals surface area contributed by atoms with E-state index < -0.39 is 17.3 Å². The van der Waals surface area contributed by atoms with E-state index in [9.17, 15) is 0 Å². The van der Waals surface area contributed by atoms with Crippen LogP contribution in [0.1, 0.15) is 20.8 Å². The molecule has 0 spiro atoms. The Hall–Kier alpha value is 0.207. The third kappa shape index (κ3) is 25.0. The van der Waals surface area contributed by atoms with Crippen molar-refractivity contribution in [2.24, 2.45) is 0 Å².